The Morgan fingerprint density at radius 1 is 1.40 bits per heavy atom. The van der Waals surface area contributed by atoms with Crippen LogP contribution >= 0.6 is 0 Å². The molecule has 4 heteroatoms. The molecule has 0 aromatic heterocycles. The number of methoxy groups -OCH3 is 1. The van der Waals surface area contributed by atoms with Gasteiger partial charge in [0.05, 0.1) is 18.8 Å². The molecule has 0 bridgehead atoms. The predicted octanol–water partition coefficient (Wildman–Crippen LogP) is 2.53. The van der Waals surface area contributed by atoms with Gasteiger partial charge in [0.25, 0.3) is 0 Å². The fourth-order valence-corrected chi connectivity index (χ4v) is 2.55. The third-order valence-electron chi connectivity index (χ3n) is 3.66. The van der Waals surface area contributed by atoms with E-state index in [1.807, 2.05) is 18.2 Å². The Hall–Kier alpha value is -1.26. The molecule has 112 valence electrons. The topological polar surface area (TPSA) is 53.7 Å². The average Bonchev–Trinajstić information content (AvgIpc) is 2.77. The van der Waals surface area contributed by atoms with Gasteiger partial charge in [-0.25, -0.2) is 0 Å². The molecule has 2 rings (SSSR count). The number of rotatable bonds is 6. The first-order valence-corrected chi connectivity index (χ1v) is 7.21. The maximum Gasteiger partial charge on any atom is 0.122 e. The lowest BCUT2D eigenvalue weighted by Crippen LogP contribution is -2.24. The molecule has 1 aliphatic heterocycles. The van der Waals surface area contributed by atoms with Crippen LogP contribution in [0.15, 0.2) is 18.2 Å². The molecule has 0 spiro atoms. The molecule has 1 aliphatic rings. The quantitative estimate of drug-likeness (QED) is 0.869. The zero-order chi connectivity index (χ0) is 14.6. The second-order valence-electron chi connectivity index (χ2n) is 5.86. The van der Waals surface area contributed by atoms with Crippen molar-refractivity contribution in [1.29, 1.82) is 0 Å². The lowest BCUT2D eigenvalue weighted by molar-refractivity contribution is -0.0327. The molecule has 2 N–H and O–H groups in total. The Morgan fingerprint density at radius 2 is 2.20 bits per heavy atom. The van der Waals surface area contributed by atoms with Crippen molar-refractivity contribution in [1.82, 2.24) is 0 Å². The van der Waals surface area contributed by atoms with E-state index in [9.17, 15) is 0 Å². The Morgan fingerprint density at radius 3 is 2.80 bits per heavy atom. The second kappa shape index (κ2) is 6.46. The van der Waals surface area contributed by atoms with Gasteiger partial charge in [0, 0.05) is 0 Å². The summed E-state index contributed by atoms with van der Waals surface area (Å²) in [5.74, 6) is 1.71. The van der Waals surface area contributed by atoms with Crippen LogP contribution in [0, 0.1) is 0 Å². The number of hydrogen-bond acceptors (Lipinski definition) is 4. The fourth-order valence-electron chi connectivity index (χ4n) is 2.55. The monoisotopic (exact) mass is 279 g/mol. The first-order chi connectivity index (χ1) is 9.54. The molecule has 0 aliphatic carbocycles. The van der Waals surface area contributed by atoms with Crippen molar-refractivity contribution in [3.63, 3.8) is 0 Å². The van der Waals surface area contributed by atoms with E-state index in [0.717, 1.165) is 36.3 Å². The standard InChI is InChI=1S/C16H25NO3/c1-16(2)8-6-14(20-16)11-19-15-5-4-13(18-3)10-12(15)7-9-17/h4-5,10,14H,6-9,11,17H2,1-3H3. The summed E-state index contributed by atoms with van der Waals surface area (Å²) >= 11 is 0. The molecule has 1 aromatic carbocycles. The van der Waals surface area contributed by atoms with Crippen LogP contribution in [0.5, 0.6) is 11.5 Å². The van der Waals surface area contributed by atoms with Crippen LogP contribution in [0.2, 0.25) is 0 Å². The van der Waals surface area contributed by atoms with Gasteiger partial charge >= 0.3 is 0 Å². The zero-order valence-electron chi connectivity index (χ0n) is 12.6. The number of hydrogen-bond donors (Lipinski definition) is 1. The van der Waals surface area contributed by atoms with Crippen molar-refractivity contribution >= 4 is 0 Å². The molecule has 1 heterocycles. The van der Waals surface area contributed by atoms with Gasteiger partial charge in [-0.15, -0.1) is 0 Å². The fraction of sp³-hybridized carbons (Fsp3) is 0.625. The molecule has 1 saturated heterocycles. The average molecular weight is 279 g/mol. The molecule has 1 atom stereocenters. The maximum absolute atomic E-state index is 5.94. The van der Waals surface area contributed by atoms with Crippen molar-refractivity contribution in [3.8, 4) is 11.5 Å². The Bertz CT molecular complexity index is 445. The summed E-state index contributed by atoms with van der Waals surface area (Å²) in [4.78, 5) is 0. The maximum atomic E-state index is 5.94. The van der Waals surface area contributed by atoms with E-state index in [1.54, 1.807) is 7.11 Å². The molecule has 1 unspecified atom stereocenters. The van der Waals surface area contributed by atoms with Gasteiger partial charge in [0.15, 0.2) is 0 Å². The normalized spacial score (nSPS) is 20.9. The molecule has 1 fully saturated rings. The third-order valence-corrected chi connectivity index (χ3v) is 3.66. The van der Waals surface area contributed by atoms with E-state index in [1.165, 1.54) is 0 Å². The van der Waals surface area contributed by atoms with E-state index < -0.39 is 0 Å². The highest BCUT2D eigenvalue weighted by Gasteiger charge is 2.31. The highest BCUT2D eigenvalue weighted by molar-refractivity contribution is 5.40. The van der Waals surface area contributed by atoms with Crippen LogP contribution < -0.4 is 15.2 Å². The molecule has 0 radical (unpaired) electrons. The largest absolute Gasteiger partial charge is 0.497 e. The van der Waals surface area contributed by atoms with Gasteiger partial charge in [-0.2, -0.15) is 0 Å². The van der Waals surface area contributed by atoms with Gasteiger partial charge in [-0.1, -0.05) is 0 Å². The van der Waals surface area contributed by atoms with E-state index in [2.05, 4.69) is 13.8 Å². The minimum absolute atomic E-state index is 0.0198. The number of ether oxygens (including phenoxy) is 3. The highest BCUT2D eigenvalue weighted by Crippen LogP contribution is 2.30. The minimum atomic E-state index is -0.0198. The van der Waals surface area contributed by atoms with E-state index in [0.29, 0.717) is 13.2 Å². The Kier molecular flexibility index (Phi) is 4.89. The first-order valence-electron chi connectivity index (χ1n) is 7.21. The lowest BCUT2D eigenvalue weighted by Gasteiger charge is -2.20. The molecule has 0 amide bonds. The van der Waals surface area contributed by atoms with E-state index in [4.69, 9.17) is 19.9 Å². The van der Waals surface area contributed by atoms with Crippen LogP contribution in [0.3, 0.4) is 0 Å². The van der Waals surface area contributed by atoms with E-state index in [-0.39, 0.29) is 11.7 Å². The predicted molar refractivity (Wildman–Crippen MR) is 79.4 cm³/mol. The summed E-state index contributed by atoms with van der Waals surface area (Å²) in [6.45, 7) is 5.43. The van der Waals surface area contributed by atoms with Crippen LogP contribution in [-0.4, -0.2) is 32.0 Å². The van der Waals surface area contributed by atoms with Crippen molar-refractivity contribution in [2.75, 3.05) is 20.3 Å². The van der Waals surface area contributed by atoms with E-state index >= 15 is 0 Å². The van der Waals surface area contributed by atoms with Gasteiger partial charge in [-0.3, -0.25) is 0 Å². The van der Waals surface area contributed by atoms with Crippen molar-refractivity contribution in [2.45, 2.75) is 44.8 Å². The van der Waals surface area contributed by atoms with Crippen molar-refractivity contribution < 1.29 is 14.2 Å². The van der Waals surface area contributed by atoms with Crippen LogP contribution in [0.4, 0.5) is 0 Å². The summed E-state index contributed by atoms with van der Waals surface area (Å²) < 4.78 is 17.1. The summed E-state index contributed by atoms with van der Waals surface area (Å²) in [6.07, 6.45) is 3.09. The van der Waals surface area contributed by atoms with Gasteiger partial charge < -0.3 is 19.9 Å². The van der Waals surface area contributed by atoms with Crippen LogP contribution in [0.25, 0.3) is 0 Å². The molecular weight excluding hydrogens is 254 g/mol. The lowest BCUT2D eigenvalue weighted by atomic mass is 10.1. The number of nitrogens with two attached hydrogens (primary N) is 1. The first kappa shape index (κ1) is 15.1. The van der Waals surface area contributed by atoms with Crippen molar-refractivity contribution in [3.05, 3.63) is 23.8 Å². The van der Waals surface area contributed by atoms with Gasteiger partial charge in [0.1, 0.15) is 18.1 Å². The summed E-state index contributed by atoms with van der Waals surface area (Å²) in [5.41, 5.74) is 6.72. The van der Waals surface area contributed by atoms with Crippen molar-refractivity contribution in [2.24, 2.45) is 5.73 Å². The Balaban J connectivity index is 1.98. The van der Waals surface area contributed by atoms with Crippen LogP contribution in [-0.2, 0) is 11.2 Å². The second-order valence-corrected chi connectivity index (χ2v) is 5.86. The molecule has 1 aromatic rings. The zero-order valence-corrected chi connectivity index (χ0v) is 12.6. The molecule has 4 nitrogen and oxygen atoms in total. The Labute approximate surface area is 121 Å². The summed E-state index contributed by atoms with van der Waals surface area (Å²) in [6, 6.07) is 5.85. The summed E-state index contributed by atoms with van der Waals surface area (Å²) in [5, 5.41) is 0. The van der Waals surface area contributed by atoms with Gasteiger partial charge in [-0.05, 0) is 63.4 Å². The van der Waals surface area contributed by atoms with Crippen LogP contribution in [0.1, 0.15) is 32.3 Å². The molecule has 20 heavy (non-hydrogen) atoms. The number of benzene rings is 1. The molecular formula is C16H25NO3. The smallest absolute Gasteiger partial charge is 0.122 e. The van der Waals surface area contributed by atoms with Gasteiger partial charge in [0.2, 0.25) is 0 Å². The molecule has 0 saturated carbocycles. The summed E-state index contributed by atoms with van der Waals surface area (Å²) in [7, 11) is 1.66. The highest BCUT2D eigenvalue weighted by atomic mass is 16.6. The third kappa shape index (κ3) is 3.87. The SMILES string of the molecule is COc1ccc(OCC2CCC(C)(C)O2)c(CCN)c1. The minimum Gasteiger partial charge on any atom is -0.497 e.